The van der Waals surface area contributed by atoms with Crippen molar-refractivity contribution >= 4 is 17.7 Å². The van der Waals surface area contributed by atoms with Crippen LogP contribution in [0.15, 0.2) is 0 Å². The lowest BCUT2D eigenvalue weighted by Gasteiger charge is -2.35. The molecular weight excluding hydrogens is 270 g/mol. The predicted octanol–water partition coefficient (Wildman–Crippen LogP) is 1.46. The Balaban J connectivity index is 1.60. The number of hydrogen-bond acceptors (Lipinski definition) is 4. The van der Waals surface area contributed by atoms with Crippen LogP contribution in [0, 0.1) is 0 Å². The summed E-state index contributed by atoms with van der Waals surface area (Å²) < 4.78 is 0. The third kappa shape index (κ3) is 5.26. The van der Waals surface area contributed by atoms with Crippen LogP contribution >= 0.6 is 11.8 Å². The third-order valence-corrected chi connectivity index (χ3v) is 5.50. The fraction of sp³-hybridized carbons (Fsp3) is 0.933. The Kier molecular flexibility index (Phi) is 7.17. The van der Waals surface area contributed by atoms with Gasteiger partial charge >= 0.3 is 0 Å². The van der Waals surface area contributed by atoms with Crippen molar-refractivity contribution in [2.45, 2.75) is 51.1 Å². The third-order valence-electron chi connectivity index (χ3n) is 4.37. The molecule has 0 bridgehead atoms. The molecule has 2 aliphatic heterocycles. The van der Waals surface area contributed by atoms with Gasteiger partial charge in [0, 0.05) is 49.6 Å². The number of nitrogens with one attached hydrogen (secondary N) is 2. The Morgan fingerprint density at radius 2 is 2.35 bits per heavy atom. The number of likely N-dealkylation sites (tertiary alicyclic amines) is 1. The Morgan fingerprint density at radius 3 is 3.10 bits per heavy atom. The van der Waals surface area contributed by atoms with E-state index in [0.29, 0.717) is 12.5 Å². The second-order valence-electron chi connectivity index (χ2n) is 5.87. The van der Waals surface area contributed by atoms with Crippen molar-refractivity contribution in [1.82, 2.24) is 15.5 Å². The summed E-state index contributed by atoms with van der Waals surface area (Å²) in [6.45, 7) is 6.32. The Hall–Kier alpha value is -0.260. The van der Waals surface area contributed by atoms with Crippen molar-refractivity contribution < 1.29 is 4.79 Å². The van der Waals surface area contributed by atoms with Gasteiger partial charge in [0.05, 0.1) is 0 Å². The molecule has 1 amide bonds. The van der Waals surface area contributed by atoms with E-state index in [0.717, 1.165) is 31.4 Å². The zero-order valence-electron chi connectivity index (χ0n) is 12.7. The SMILES string of the molecule is CCC1CCCCN1CCNC(=O)CC1CSCCN1. The molecule has 0 saturated carbocycles. The molecule has 20 heavy (non-hydrogen) atoms. The van der Waals surface area contributed by atoms with Crippen molar-refractivity contribution in [3.63, 3.8) is 0 Å². The standard InChI is InChI=1S/C15H29N3OS/c1-2-14-5-3-4-8-18(14)9-6-17-15(19)11-13-12-20-10-7-16-13/h13-14,16H,2-12H2,1H3,(H,17,19). The highest BCUT2D eigenvalue weighted by Crippen LogP contribution is 2.18. The molecule has 4 nitrogen and oxygen atoms in total. The first-order valence-electron chi connectivity index (χ1n) is 8.11. The molecule has 2 fully saturated rings. The summed E-state index contributed by atoms with van der Waals surface area (Å²) in [5, 5.41) is 6.51. The van der Waals surface area contributed by atoms with Gasteiger partial charge in [0.2, 0.25) is 5.91 Å². The molecule has 0 aliphatic carbocycles. The molecule has 0 spiro atoms. The van der Waals surface area contributed by atoms with Gasteiger partial charge in [-0.05, 0) is 25.8 Å². The summed E-state index contributed by atoms with van der Waals surface area (Å²) in [4.78, 5) is 14.5. The van der Waals surface area contributed by atoms with E-state index in [1.54, 1.807) is 0 Å². The molecule has 2 rings (SSSR count). The molecule has 0 aromatic rings. The highest BCUT2D eigenvalue weighted by atomic mass is 32.2. The van der Waals surface area contributed by atoms with E-state index in [9.17, 15) is 4.79 Å². The molecule has 2 aliphatic rings. The second-order valence-corrected chi connectivity index (χ2v) is 7.02. The van der Waals surface area contributed by atoms with E-state index >= 15 is 0 Å². The van der Waals surface area contributed by atoms with Crippen molar-refractivity contribution in [3.8, 4) is 0 Å². The van der Waals surface area contributed by atoms with E-state index in [4.69, 9.17) is 0 Å². The molecule has 0 aromatic heterocycles. The first kappa shape index (κ1) is 16.1. The number of rotatable bonds is 6. The smallest absolute Gasteiger partial charge is 0.221 e. The lowest BCUT2D eigenvalue weighted by atomic mass is 10.0. The maximum atomic E-state index is 11.9. The Labute approximate surface area is 127 Å². The van der Waals surface area contributed by atoms with Crippen LogP contribution in [0.25, 0.3) is 0 Å². The maximum Gasteiger partial charge on any atom is 0.221 e. The van der Waals surface area contributed by atoms with Crippen LogP contribution in [0.4, 0.5) is 0 Å². The van der Waals surface area contributed by atoms with E-state index in [-0.39, 0.29) is 5.91 Å². The van der Waals surface area contributed by atoms with Gasteiger partial charge in [-0.25, -0.2) is 0 Å². The number of amides is 1. The molecule has 2 atom stereocenters. The van der Waals surface area contributed by atoms with Gasteiger partial charge in [0.25, 0.3) is 0 Å². The zero-order valence-corrected chi connectivity index (χ0v) is 13.5. The normalized spacial score (nSPS) is 28.2. The second kappa shape index (κ2) is 8.90. The van der Waals surface area contributed by atoms with Crippen molar-refractivity contribution in [2.24, 2.45) is 0 Å². The van der Waals surface area contributed by atoms with Gasteiger partial charge in [-0.1, -0.05) is 13.3 Å². The first-order chi connectivity index (χ1) is 9.79. The van der Waals surface area contributed by atoms with Gasteiger partial charge in [-0.15, -0.1) is 0 Å². The van der Waals surface area contributed by atoms with Crippen molar-refractivity contribution in [3.05, 3.63) is 0 Å². The van der Waals surface area contributed by atoms with E-state index in [1.807, 2.05) is 11.8 Å². The Morgan fingerprint density at radius 1 is 1.45 bits per heavy atom. The molecule has 2 heterocycles. The number of carbonyl (C=O) groups excluding carboxylic acids is 1. The van der Waals surface area contributed by atoms with Crippen molar-refractivity contribution in [1.29, 1.82) is 0 Å². The number of nitrogens with zero attached hydrogens (tertiary/aromatic N) is 1. The van der Waals surface area contributed by atoms with Crippen LogP contribution in [-0.4, -0.2) is 60.6 Å². The maximum absolute atomic E-state index is 11.9. The number of thioether (sulfide) groups is 1. The van der Waals surface area contributed by atoms with Crippen molar-refractivity contribution in [2.75, 3.05) is 37.7 Å². The molecule has 2 N–H and O–H groups in total. The van der Waals surface area contributed by atoms with Crippen LogP contribution in [0.3, 0.4) is 0 Å². The molecule has 2 saturated heterocycles. The fourth-order valence-electron chi connectivity index (χ4n) is 3.20. The lowest BCUT2D eigenvalue weighted by molar-refractivity contribution is -0.121. The van der Waals surface area contributed by atoms with Gasteiger partial charge in [-0.3, -0.25) is 9.69 Å². The monoisotopic (exact) mass is 299 g/mol. The first-order valence-corrected chi connectivity index (χ1v) is 9.27. The predicted molar refractivity (Wildman–Crippen MR) is 86.2 cm³/mol. The largest absolute Gasteiger partial charge is 0.355 e. The average molecular weight is 299 g/mol. The van der Waals surface area contributed by atoms with Gasteiger partial charge in [0.15, 0.2) is 0 Å². The number of carbonyl (C=O) groups is 1. The highest BCUT2D eigenvalue weighted by molar-refractivity contribution is 7.99. The topological polar surface area (TPSA) is 44.4 Å². The molecule has 0 radical (unpaired) electrons. The highest BCUT2D eigenvalue weighted by Gasteiger charge is 2.20. The van der Waals surface area contributed by atoms with E-state index in [1.165, 1.54) is 38.0 Å². The van der Waals surface area contributed by atoms with Gasteiger partial charge < -0.3 is 10.6 Å². The summed E-state index contributed by atoms with van der Waals surface area (Å²) in [7, 11) is 0. The van der Waals surface area contributed by atoms with E-state index < -0.39 is 0 Å². The van der Waals surface area contributed by atoms with E-state index in [2.05, 4.69) is 22.5 Å². The summed E-state index contributed by atoms with van der Waals surface area (Å²) >= 11 is 1.94. The summed E-state index contributed by atoms with van der Waals surface area (Å²) in [5.41, 5.74) is 0. The number of piperidine rings is 1. The Bertz CT molecular complexity index is 295. The minimum atomic E-state index is 0.204. The van der Waals surface area contributed by atoms with Gasteiger partial charge in [-0.2, -0.15) is 11.8 Å². The average Bonchev–Trinajstić information content (AvgIpc) is 2.49. The number of hydrogen-bond donors (Lipinski definition) is 2. The lowest BCUT2D eigenvalue weighted by Crippen LogP contribution is -2.45. The molecule has 2 unspecified atom stereocenters. The summed E-state index contributed by atoms with van der Waals surface area (Å²) in [5.74, 6) is 2.44. The van der Waals surface area contributed by atoms with Crippen LogP contribution in [0.1, 0.15) is 39.0 Å². The summed E-state index contributed by atoms with van der Waals surface area (Å²) in [6.07, 6.45) is 5.87. The molecule has 5 heteroatoms. The molecule has 0 aromatic carbocycles. The van der Waals surface area contributed by atoms with Crippen LogP contribution in [-0.2, 0) is 4.79 Å². The molecule has 116 valence electrons. The van der Waals surface area contributed by atoms with Gasteiger partial charge in [0.1, 0.15) is 0 Å². The fourth-order valence-corrected chi connectivity index (χ4v) is 4.15. The van der Waals surface area contributed by atoms with Crippen LogP contribution < -0.4 is 10.6 Å². The quantitative estimate of drug-likeness (QED) is 0.779. The minimum Gasteiger partial charge on any atom is -0.355 e. The minimum absolute atomic E-state index is 0.204. The molecular formula is C15H29N3OS. The summed E-state index contributed by atoms with van der Waals surface area (Å²) in [6, 6.07) is 1.10. The van der Waals surface area contributed by atoms with Crippen LogP contribution in [0.5, 0.6) is 0 Å². The van der Waals surface area contributed by atoms with Crippen LogP contribution in [0.2, 0.25) is 0 Å². The zero-order chi connectivity index (χ0) is 14.2.